The minimum absolute atomic E-state index is 0.0424. The molecule has 96 valence electrons. The molecule has 2 atom stereocenters. The fourth-order valence-electron chi connectivity index (χ4n) is 1.46. The van der Waals surface area contributed by atoms with E-state index in [1.165, 1.54) is 0 Å². The molecule has 0 spiro atoms. The predicted octanol–water partition coefficient (Wildman–Crippen LogP) is 0.177. The maximum atomic E-state index is 5.49. The Bertz CT molecular complexity index is 338. The lowest BCUT2D eigenvalue weighted by atomic mass is 10.3. The first-order chi connectivity index (χ1) is 8.29. The van der Waals surface area contributed by atoms with E-state index in [2.05, 4.69) is 20.8 Å². The Balaban J connectivity index is 1.80. The van der Waals surface area contributed by atoms with Crippen molar-refractivity contribution >= 4 is 6.01 Å². The molecule has 2 heterocycles. The second kappa shape index (κ2) is 5.95. The lowest BCUT2D eigenvalue weighted by Gasteiger charge is -2.22. The molecule has 1 fully saturated rings. The number of hydrogen-bond donors (Lipinski definition) is 2. The first kappa shape index (κ1) is 12.3. The van der Waals surface area contributed by atoms with E-state index in [0.717, 1.165) is 0 Å². The molecule has 1 aliphatic heterocycles. The highest BCUT2D eigenvalue weighted by atomic mass is 16.6. The fourth-order valence-corrected chi connectivity index (χ4v) is 1.46. The molecule has 0 radical (unpaired) electrons. The monoisotopic (exact) mass is 242 g/mol. The van der Waals surface area contributed by atoms with Gasteiger partial charge in [-0.05, 0) is 14.0 Å². The number of rotatable bonds is 5. The van der Waals surface area contributed by atoms with E-state index in [0.29, 0.717) is 38.3 Å². The number of nitrogens with zero attached hydrogens (tertiary/aromatic N) is 2. The minimum atomic E-state index is 0.0424. The van der Waals surface area contributed by atoms with Crippen LogP contribution in [-0.4, -0.2) is 49.7 Å². The van der Waals surface area contributed by atoms with Crippen molar-refractivity contribution in [2.75, 3.05) is 38.7 Å². The second-order valence-electron chi connectivity index (χ2n) is 3.90. The Morgan fingerprint density at radius 3 is 3.00 bits per heavy atom. The molecule has 7 nitrogen and oxygen atoms in total. The summed E-state index contributed by atoms with van der Waals surface area (Å²) in [5.41, 5.74) is 0. The number of nitrogens with one attached hydrogen (secondary N) is 2. The summed E-state index contributed by atoms with van der Waals surface area (Å²) < 4.78 is 16.2. The van der Waals surface area contributed by atoms with E-state index in [4.69, 9.17) is 13.9 Å². The Kier molecular flexibility index (Phi) is 4.29. The summed E-state index contributed by atoms with van der Waals surface area (Å²) in [7, 11) is 1.84. The van der Waals surface area contributed by atoms with Crippen LogP contribution >= 0.6 is 0 Å². The molecular weight excluding hydrogens is 224 g/mol. The lowest BCUT2D eigenvalue weighted by molar-refractivity contribution is -0.0820. The standard InChI is InChI=1S/C10H18N4O3/c1-7(11-2)9-13-14-10(17-9)12-5-8-6-15-3-4-16-8/h7-8,11H,3-6H2,1-2H3,(H,12,14). The maximum absolute atomic E-state index is 5.49. The van der Waals surface area contributed by atoms with Gasteiger partial charge >= 0.3 is 6.01 Å². The first-order valence-electron chi connectivity index (χ1n) is 5.73. The van der Waals surface area contributed by atoms with Crippen LogP contribution in [0.4, 0.5) is 6.01 Å². The number of anilines is 1. The third kappa shape index (κ3) is 3.39. The molecule has 0 saturated carbocycles. The van der Waals surface area contributed by atoms with Crippen LogP contribution in [-0.2, 0) is 9.47 Å². The molecule has 17 heavy (non-hydrogen) atoms. The average molecular weight is 242 g/mol. The normalized spacial score (nSPS) is 22.4. The van der Waals surface area contributed by atoms with Crippen LogP contribution in [0.5, 0.6) is 0 Å². The quantitative estimate of drug-likeness (QED) is 0.762. The van der Waals surface area contributed by atoms with Crippen molar-refractivity contribution in [2.45, 2.75) is 19.1 Å². The van der Waals surface area contributed by atoms with Crippen molar-refractivity contribution < 1.29 is 13.9 Å². The lowest BCUT2D eigenvalue weighted by Crippen LogP contribution is -2.34. The molecule has 2 unspecified atom stereocenters. The van der Waals surface area contributed by atoms with Gasteiger partial charge in [0.15, 0.2) is 0 Å². The summed E-state index contributed by atoms with van der Waals surface area (Å²) in [6, 6.07) is 0.462. The molecule has 1 saturated heterocycles. The highest BCUT2D eigenvalue weighted by Crippen LogP contribution is 2.13. The van der Waals surface area contributed by atoms with Crippen LogP contribution in [0.15, 0.2) is 4.42 Å². The van der Waals surface area contributed by atoms with Crippen LogP contribution in [0.1, 0.15) is 18.9 Å². The largest absolute Gasteiger partial charge is 0.406 e. The summed E-state index contributed by atoms with van der Waals surface area (Å²) in [5, 5.41) is 13.9. The molecule has 0 amide bonds. The summed E-state index contributed by atoms with van der Waals surface area (Å²) >= 11 is 0. The van der Waals surface area contributed by atoms with Crippen molar-refractivity contribution in [3.05, 3.63) is 5.89 Å². The van der Waals surface area contributed by atoms with E-state index in [9.17, 15) is 0 Å². The van der Waals surface area contributed by atoms with Gasteiger partial charge in [0.25, 0.3) is 0 Å². The van der Waals surface area contributed by atoms with Gasteiger partial charge in [0.05, 0.1) is 32.0 Å². The van der Waals surface area contributed by atoms with Crippen LogP contribution < -0.4 is 10.6 Å². The molecule has 0 aliphatic carbocycles. The highest BCUT2D eigenvalue weighted by Gasteiger charge is 2.16. The fraction of sp³-hybridized carbons (Fsp3) is 0.800. The second-order valence-corrected chi connectivity index (χ2v) is 3.90. The SMILES string of the molecule is CNC(C)c1nnc(NCC2COCCO2)o1. The van der Waals surface area contributed by atoms with Gasteiger partial charge in [0.1, 0.15) is 0 Å². The van der Waals surface area contributed by atoms with Gasteiger partial charge in [-0.25, -0.2) is 0 Å². The highest BCUT2D eigenvalue weighted by molar-refractivity contribution is 5.17. The Labute approximate surface area is 99.9 Å². The van der Waals surface area contributed by atoms with Gasteiger partial charge in [-0.2, -0.15) is 0 Å². The third-order valence-electron chi connectivity index (χ3n) is 2.61. The van der Waals surface area contributed by atoms with Crippen LogP contribution in [0.25, 0.3) is 0 Å². The summed E-state index contributed by atoms with van der Waals surface area (Å²) in [6.07, 6.45) is 0.0424. The van der Waals surface area contributed by atoms with E-state index in [1.807, 2.05) is 14.0 Å². The van der Waals surface area contributed by atoms with Gasteiger partial charge in [-0.15, -0.1) is 5.10 Å². The average Bonchev–Trinajstić information content (AvgIpc) is 2.85. The van der Waals surface area contributed by atoms with Crippen LogP contribution in [0, 0.1) is 0 Å². The summed E-state index contributed by atoms with van der Waals surface area (Å²) in [6.45, 7) is 4.46. The number of hydrogen-bond acceptors (Lipinski definition) is 7. The van der Waals surface area contributed by atoms with Crippen molar-refractivity contribution in [3.8, 4) is 0 Å². The Hall–Kier alpha value is -1.18. The van der Waals surface area contributed by atoms with Crippen LogP contribution in [0.2, 0.25) is 0 Å². The molecule has 1 aliphatic rings. The topological polar surface area (TPSA) is 81.4 Å². The van der Waals surface area contributed by atoms with Crippen molar-refractivity contribution in [2.24, 2.45) is 0 Å². The number of aromatic nitrogens is 2. The molecule has 7 heteroatoms. The van der Waals surface area contributed by atoms with Crippen LogP contribution in [0.3, 0.4) is 0 Å². The van der Waals surface area contributed by atoms with Gasteiger partial charge < -0.3 is 24.5 Å². The Morgan fingerprint density at radius 2 is 2.29 bits per heavy atom. The van der Waals surface area contributed by atoms with Crippen molar-refractivity contribution in [3.63, 3.8) is 0 Å². The Morgan fingerprint density at radius 1 is 1.41 bits per heavy atom. The summed E-state index contributed by atoms with van der Waals surface area (Å²) in [4.78, 5) is 0. The molecule has 1 aromatic heterocycles. The molecule has 2 rings (SSSR count). The third-order valence-corrected chi connectivity index (χ3v) is 2.61. The van der Waals surface area contributed by atoms with Gasteiger partial charge in [0.2, 0.25) is 5.89 Å². The van der Waals surface area contributed by atoms with E-state index in [-0.39, 0.29) is 12.1 Å². The van der Waals surface area contributed by atoms with Crippen molar-refractivity contribution in [1.82, 2.24) is 15.5 Å². The zero-order chi connectivity index (χ0) is 12.1. The van der Waals surface area contributed by atoms with Gasteiger partial charge in [-0.1, -0.05) is 5.10 Å². The smallest absolute Gasteiger partial charge is 0.315 e. The van der Waals surface area contributed by atoms with E-state index >= 15 is 0 Å². The van der Waals surface area contributed by atoms with E-state index in [1.54, 1.807) is 0 Å². The van der Waals surface area contributed by atoms with Gasteiger partial charge in [-0.3, -0.25) is 0 Å². The molecule has 0 aromatic carbocycles. The molecule has 2 N–H and O–H groups in total. The zero-order valence-electron chi connectivity index (χ0n) is 10.1. The molecule has 0 bridgehead atoms. The zero-order valence-corrected chi connectivity index (χ0v) is 10.1. The number of ether oxygens (including phenoxy) is 2. The summed E-state index contributed by atoms with van der Waals surface area (Å²) in [5.74, 6) is 0.566. The van der Waals surface area contributed by atoms with E-state index < -0.39 is 0 Å². The molecular formula is C10H18N4O3. The first-order valence-corrected chi connectivity index (χ1v) is 5.73. The van der Waals surface area contributed by atoms with Gasteiger partial charge in [0, 0.05) is 6.54 Å². The van der Waals surface area contributed by atoms with Crippen molar-refractivity contribution in [1.29, 1.82) is 0 Å². The minimum Gasteiger partial charge on any atom is -0.406 e. The maximum Gasteiger partial charge on any atom is 0.315 e. The predicted molar refractivity (Wildman–Crippen MR) is 60.8 cm³/mol. The molecule has 1 aromatic rings.